The van der Waals surface area contributed by atoms with Crippen molar-refractivity contribution in [2.75, 3.05) is 4.72 Å². The van der Waals surface area contributed by atoms with Crippen LogP contribution in [0.5, 0.6) is 0 Å². The Balaban J connectivity index is 2.00. The maximum absolute atomic E-state index is 12.9. The molecule has 0 amide bonds. The van der Waals surface area contributed by atoms with Crippen molar-refractivity contribution in [1.29, 1.82) is 0 Å². The van der Waals surface area contributed by atoms with E-state index in [1.54, 1.807) is 19.1 Å². The third kappa shape index (κ3) is 3.48. The molecule has 3 rings (SSSR count). The molecule has 0 unspecified atom stereocenters. The van der Waals surface area contributed by atoms with Crippen molar-refractivity contribution in [3.63, 3.8) is 0 Å². The largest absolute Gasteiger partial charge is 0.345 e. The van der Waals surface area contributed by atoms with Crippen LogP contribution >= 0.6 is 11.3 Å². The van der Waals surface area contributed by atoms with E-state index in [0.717, 1.165) is 28.4 Å². The fourth-order valence-electron chi connectivity index (χ4n) is 2.69. The predicted octanol–water partition coefficient (Wildman–Crippen LogP) is 4.13. The minimum absolute atomic E-state index is 0.278. The van der Waals surface area contributed by atoms with Gasteiger partial charge in [0.2, 0.25) is 0 Å². The van der Waals surface area contributed by atoms with Gasteiger partial charge < -0.3 is 4.57 Å². The van der Waals surface area contributed by atoms with Gasteiger partial charge in [-0.05, 0) is 44.0 Å². The van der Waals surface area contributed by atoms with Crippen LogP contribution in [0.1, 0.15) is 23.9 Å². The number of sulfonamides is 1. The lowest BCUT2D eigenvalue weighted by atomic mass is 10.1. The maximum Gasteiger partial charge on any atom is 0.263 e. The van der Waals surface area contributed by atoms with Gasteiger partial charge in [-0.15, -0.1) is 11.3 Å². The van der Waals surface area contributed by atoms with Gasteiger partial charge in [-0.3, -0.25) is 4.72 Å². The first-order valence-electron chi connectivity index (χ1n) is 8.02. The Morgan fingerprint density at radius 2 is 2.00 bits per heavy atom. The lowest BCUT2D eigenvalue weighted by Gasteiger charge is -2.09. The molecule has 0 aliphatic carbocycles. The highest BCUT2D eigenvalue weighted by molar-refractivity contribution is 7.92. The van der Waals surface area contributed by atoms with Gasteiger partial charge in [0.15, 0.2) is 0 Å². The molecular formula is C18H21N3O2S2. The summed E-state index contributed by atoms with van der Waals surface area (Å²) < 4.78 is 30.3. The van der Waals surface area contributed by atoms with Crippen LogP contribution in [0.15, 0.2) is 40.6 Å². The molecule has 1 aromatic carbocycles. The summed E-state index contributed by atoms with van der Waals surface area (Å²) in [4.78, 5) is 4.74. The van der Waals surface area contributed by atoms with Gasteiger partial charge in [0.1, 0.15) is 9.90 Å². The van der Waals surface area contributed by atoms with E-state index in [-0.39, 0.29) is 4.90 Å². The molecular weight excluding hydrogens is 354 g/mol. The quantitative estimate of drug-likeness (QED) is 0.729. The molecule has 0 fully saturated rings. The number of hydrogen-bond donors (Lipinski definition) is 1. The molecule has 0 radical (unpaired) electrons. The Morgan fingerprint density at radius 1 is 1.24 bits per heavy atom. The van der Waals surface area contributed by atoms with Crippen LogP contribution in [0, 0.1) is 13.8 Å². The molecule has 0 atom stereocenters. The average molecular weight is 376 g/mol. The van der Waals surface area contributed by atoms with Crippen molar-refractivity contribution < 1.29 is 8.42 Å². The van der Waals surface area contributed by atoms with Crippen LogP contribution in [0.3, 0.4) is 0 Å². The number of rotatable bonds is 5. The number of aromatic nitrogens is 2. The van der Waals surface area contributed by atoms with Crippen LogP contribution in [0.2, 0.25) is 0 Å². The zero-order valence-corrected chi connectivity index (χ0v) is 16.3. The third-order valence-electron chi connectivity index (χ3n) is 4.20. The highest BCUT2D eigenvalue weighted by Gasteiger charge is 2.23. The van der Waals surface area contributed by atoms with E-state index in [1.807, 2.05) is 49.0 Å². The SMILES string of the molecule is CCc1cccc(NS(=O)(=O)c2cc(-c3nc(C)cs3)n(C)c2C)c1. The highest BCUT2D eigenvalue weighted by atomic mass is 32.2. The Bertz CT molecular complexity index is 1020. The number of benzene rings is 1. The zero-order chi connectivity index (χ0) is 18.2. The lowest BCUT2D eigenvalue weighted by molar-refractivity contribution is 0.600. The highest BCUT2D eigenvalue weighted by Crippen LogP contribution is 2.30. The van der Waals surface area contributed by atoms with Crippen molar-refractivity contribution in [3.05, 3.63) is 52.7 Å². The fourth-order valence-corrected chi connectivity index (χ4v) is 4.87. The molecule has 1 N–H and O–H groups in total. The van der Waals surface area contributed by atoms with Gasteiger partial charge in [0.25, 0.3) is 10.0 Å². The molecule has 2 heterocycles. The van der Waals surface area contributed by atoms with E-state index >= 15 is 0 Å². The number of hydrogen-bond acceptors (Lipinski definition) is 4. The summed E-state index contributed by atoms with van der Waals surface area (Å²) in [6.45, 7) is 5.77. The summed E-state index contributed by atoms with van der Waals surface area (Å²) in [5.41, 5.74) is 4.08. The van der Waals surface area contributed by atoms with E-state index in [9.17, 15) is 8.42 Å². The molecule has 2 aromatic heterocycles. The van der Waals surface area contributed by atoms with Gasteiger partial charge in [-0.25, -0.2) is 13.4 Å². The van der Waals surface area contributed by atoms with Gasteiger partial charge in [-0.2, -0.15) is 0 Å². The molecule has 0 bridgehead atoms. The van der Waals surface area contributed by atoms with E-state index in [2.05, 4.69) is 9.71 Å². The molecule has 5 nitrogen and oxygen atoms in total. The van der Waals surface area contributed by atoms with Crippen LogP contribution in [-0.4, -0.2) is 18.0 Å². The average Bonchev–Trinajstić information content (AvgIpc) is 3.12. The first-order valence-corrected chi connectivity index (χ1v) is 10.4. The Kier molecular flexibility index (Phi) is 4.71. The molecule has 0 aliphatic rings. The summed E-state index contributed by atoms with van der Waals surface area (Å²) in [6, 6.07) is 9.16. The molecule has 7 heteroatoms. The van der Waals surface area contributed by atoms with E-state index in [0.29, 0.717) is 11.4 Å². The minimum Gasteiger partial charge on any atom is -0.345 e. The molecule has 0 aliphatic heterocycles. The van der Waals surface area contributed by atoms with Crippen LogP contribution in [-0.2, 0) is 23.5 Å². The summed E-state index contributed by atoms with van der Waals surface area (Å²) >= 11 is 1.51. The second-order valence-electron chi connectivity index (χ2n) is 5.99. The van der Waals surface area contributed by atoms with E-state index in [4.69, 9.17) is 0 Å². The van der Waals surface area contributed by atoms with Crippen molar-refractivity contribution in [2.45, 2.75) is 32.1 Å². The minimum atomic E-state index is -3.67. The standard InChI is InChI=1S/C18H21N3O2S2/c1-5-14-7-6-8-15(9-14)20-25(22,23)17-10-16(21(4)13(17)3)18-19-12(2)11-24-18/h6-11,20H,5H2,1-4H3. The van der Waals surface area contributed by atoms with Crippen LogP contribution < -0.4 is 4.72 Å². The summed E-state index contributed by atoms with van der Waals surface area (Å²) in [5, 5.41) is 2.78. The smallest absolute Gasteiger partial charge is 0.263 e. The topological polar surface area (TPSA) is 64.0 Å². The van der Waals surface area contributed by atoms with Crippen molar-refractivity contribution in [1.82, 2.24) is 9.55 Å². The number of anilines is 1. The predicted molar refractivity (Wildman–Crippen MR) is 103 cm³/mol. The lowest BCUT2D eigenvalue weighted by Crippen LogP contribution is -2.14. The van der Waals surface area contributed by atoms with Crippen LogP contribution in [0.4, 0.5) is 5.69 Å². The first-order chi connectivity index (χ1) is 11.8. The summed E-state index contributed by atoms with van der Waals surface area (Å²) in [6.07, 6.45) is 0.855. The Labute approximate surface area is 152 Å². The van der Waals surface area contributed by atoms with E-state index < -0.39 is 10.0 Å². The normalized spacial score (nSPS) is 11.7. The second-order valence-corrected chi connectivity index (χ2v) is 8.50. The van der Waals surface area contributed by atoms with Crippen molar-refractivity contribution in [2.24, 2.45) is 7.05 Å². The Hall–Kier alpha value is -2.12. The van der Waals surface area contributed by atoms with Crippen LogP contribution in [0.25, 0.3) is 10.7 Å². The summed E-state index contributed by atoms with van der Waals surface area (Å²) in [7, 11) is -1.81. The molecule has 132 valence electrons. The number of aryl methyl sites for hydroxylation is 2. The number of nitrogens with zero attached hydrogens (tertiary/aromatic N) is 2. The molecule has 0 spiro atoms. The van der Waals surface area contributed by atoms with Gasteiger partial charge in [0, 0.05) is 29.5 Å². The van der Waals surface area contributed by atoms with Crippen molar-refractivity contribution >= 4 is 27.0 Å². The summed E-state index contributed by atoms with van der Waals surface area (Å²) in [5.74, 6) is 0. The van der Waals surface area contributed by atoms with Crippen molar-refractivity contribution in [3.8, 4) is 10.7 Å². The fraction of sp³-hybridized carbons (Fsp3) is 0.278. The molecule has 3 aromatic rings. The monoisotopic (exact) mass is 375 g/mol. The molecule has 0 saturated heterocycles. The van der Waals surface area contributed by atoms with Gasteiger partial charge in [0.05, 0.1) is 5.69 Å². The first kappa shape index (κ1) is 17.7. The number of nitrogens with one attached hydrogen (secondary N) is 1. The third-order valence-corrected chi connectivity index (χ3v) is 6.68. The van der Waals surface area contributed by atoms with Gasteiger partial charge in [-0.1, -0.05) is 19.1 Å². The molecule has 0 saturated carbocycles. The second kappa shape index (κ2) is 6.65. The maximum atomic E-state index is 12.9. The zero-order valence-electron chi connectivity index (χ0n) is 14.7. The number of thiazole rings is 1. The van der Waals surface area contributed by atoms with Gasteiger partial charge >= 0.3 is 0 Å². The van der Waals surface area contributed by atoms with E-state index in [1.165, 1.54) is 11.3 Å². The Morgan fingerprint density at radius 3 is 2.64 bits per heavy atom. The molecule has 25 heavy (non-hydrogen) atoms.